The number of allylic oxidation sites excluding steroid dienone is 1. The molecule has 5 heteroatoms. The summed E-state index contributed by atoms with van der Waals surface area (Å²) in [5.74, 6) is 2.22. The molecule has 0 unspecified atom stereocenters. The van der Waals surface area contributed by atoms with Crippen LogP contribution < -0.4 is 15.4 Å². The average molecular weight is 352 g/mol. The maximum Gasteiger partial charge on any atom is 0.224 e. The molecule has 138 valence electrons. The van der Waals surface area contributed by atoms with Crippen LogP contribution in [0.3, 0.4) is 0 Å². The number of benzene rings is 1. The summed E-state index contributed by atoms with van der Waals surface area (Å²) in [7, 11) is 1.67. The van der Waals surface area contributed by atoms with Gasteiger partial charge in [-0.1, -0.05) is 17.7 Å². The van der Waals surface area contributed by atoms with Crippen molar-refractivity contribution in [2.45, 2.75) is 46.0 Å². The van der Waals surface area contributed by atoms with Crippen molar-refractivity contribution in [3.8, 4) is 5.75 Å². The van der Waals surface area contributed by atoms with Crippen LogP contribution in [0.15, 0.2) is 35.9 Å². The van der Waals surface area contributed by atoms with E-state index in [2.05, 4.69) is 39.7 Å². The zero-order valence-corrected chi connectivity index (χ0v) is 15.9. The number of nitrogens with one attached hydrogen (secondary N) is 2. The summed E-state index contributed by atoms with van der Waals surface area (Å²) < 4.78 is 5.44. The Balaban J connectivity index is 1.67. The lowest BCUT2D eigenvalue weighted by atomic mass is 9.97. The molecule has 1 aliphatic carbocycles. The second-order valence-electron chi connectivity index (χ2n) is 6.83. The maximum atomic E-state index is 5.44. The molecule has 5 nitrogen and oxygen atoms in total. The summed E-state index contributed by atoms with van der Waals surface area (Å²) in [5.41, 5.74) is 4.55. The summed E-state index contributed by atoms with van der Waals surface area (Å²) in [6.07, 6.45) is 8.55. The lowest BCUT2D eigenvalue weighted by Gasteiger charge is -2.14. The second kappa shape index (κ2) is 8.70. The van der Waals surface area contributed by atoms with Crippen LogP contribution in [-0.4, -0.2) is 23.6 Å². The third-order valence-corrected chi connectivity index (χ3v) is 4.59. The number of aromatic nitrogens is 2. The van der Waals surface area contributed by atoms with E-state index in [-0.39, 0.29) is 0 Å². The standard InChI is InChI=1S/C21H28N4O/c1-15-9-10-19(26-3)18(13-15)24-20-14-16(2)23-21(25-20)22-12-11-17-7-5-4-6-8-17/h7,9-10,13-14H,4-6,8,11-12H2,1-3H3,(H2,22,23,24,25). The van der Waals surface area contributed by atoms with E-state index in [1.165, 1.54) is 25.7 Å². The van der Waals surface area contributed by atoms with Crippen molar-refractivity contribution < 1.29 is 4.74 Å². The largest absolute Gasteiger partial charge is 0.495 e. The molecule has 1 aromatic carbocycles. The summed E-state index contributed by atoms with van der Waals surface area (Å²) in [5, 5.41) is 6.72. The Morgan fingerprint density at radius 3 is 2.77 bits per heavy atom. The lowest BCUT2D eigenvalue weighted by Crippen LogP contribution is -2.09. The summed E-state index contributed by atoms with van der Waals surface area (Å²) >= 11 is 0. The van der Waals surface area contributed by atoms with E-state index in [0.717, 1.165) is 41.5 Å². The van der Waals surface area contributed by atoms with Gasteiger partial charge in [0.1, 0.15) is 11.6 Å². The van der Waals surface area contributed by atoms with E-state index in [4.69, 9.17) is 4.74 Å². The first kappa shape index (κ1) is 18.2. The molecule has 0 saturated heterocycles. The number of hydrogen-bond donors (Lipinski definition) is 2. The predicted molar refractivity (Wildman–Crippen MR) is 107 cm³/mol. The number of anilines is 3. The molecule has 0 saturated carbocycles. The summed E-state index contributed by atoms with van der Waals surface area (Å²) in [6.45, 7) is 4.90. The Labute approximate surface area is 155 Å². The molecule has 1 aromatic heterocycles. The van der Waals surface area contributed by atoms with Crippen LogP contribution in [0.2, 0.25) is 0 Å². The highest BCUT2D eigenvalue weighted by molar-refractivity contribution is 5.65. The van der Waals surface area contributed by atoms with E-state index in [1.54, 1.807) is 12.7 Å². The van der Waals surface area contributed by atoms with Gasteiger partial charge in [-0.15, -0.1) is 0 Å². The topological polar surface area (TPSA) is 59.1 Å². The molecule has 26 heavy (non-hydrogen) atoms. The van der Waals surface area contributed by atoms with E-state index in [0.29, 0.717) is 5.95 Å². The first-order valence-corrected chi connectivity index (χ1v) is 9.33. The van der Waals surface area contributed by atoms with Crippen LogP contribution in [0.1, 0.15) is 43.4 Å². The quantitative estimate of drug-likeness (QED) is 0.675. The highest BCUT2D eigenvalue weighted by Crippen LogP contribution is 2.28. The smallest absolute Gasteiger partial charge is 0.224 e. The first-order chi connectivity index (χ1) is 12.6. The van der Waals surface area contributed by atoms with Gasteiger partial charge in [0, 0.05) is 18.3 Å². The number of ether oxygens (including phenoxy) is 1. The molecule has 0 aliphatic heterocycles. The minimum Gasteiger partial charge on any atom is -0.495 e. The van der Waals surface area contributed by atoms with Crippen molar-refractivity contribution in [1.82, 2.24) is 9.97 Å². The fourth-order valence-corrected chi connectivity index (χ4v) is 3.24. The minimum absolute atomic E-state index is 0.663. The zero-order chi connectivity index (χ0) is 18.4. The number of nitrogens with zero attached hydrogens (tertiary/aromatic N) is 2. The Kier molecular flexibility index (Phi) is 6.10. The highest BCUT2D eigenvalue weighted by atomic mass is 16.5. The average Bonchev–Trinajstić information content (AvgIpc) is 2.62. The maximum absolute atomic E-state index is 5.44. The number of aryl methyl sites for hydroxylation is 2. The van der Waals surface area contributed by atoms with Crippen molar-refractivity contribution in [2.75, 3.05) is 24.3 Å². The fraction of sp³-hybridized carbons (Fsp3) is 0.429. The number of hydrogen-bond acceptors (Lipinski definition) is 5. The molecule has 3 rings (SSSR count). The zero-order valence-electron chi connectivity index (χ0n) is 15.9. The fourth-order valence-electron chi connectivity index (χ4n) is 3.24. The van der Waals surface area contributed by atoms with Gasteiger partial charge < -0.3 is 15.4 Å². The predicted octanol–water partition coefficient (Wildman–Crippen LogP) is 5.15. The van der Waals surface area contributed by atoms with Crippen molar-refractivity contribution in [3.63, 3.8) is 0 Å². The molecule has 1 heterocycles. The van der Waals surface area contributed by atoms with Crippen LogP contribution in [0.5, 0.6) is 5.75 Å². The molecule has 1 aliphatic rings. The molecule has 0 atom stereocenters. The Morgan fingerprint density at radius 1 is 1.12 bits per heavy atom. The van der Waals surface area contributed by atoms with Crippen molar-refractivity contribution in [2.24, 2.45) is 0 Å². The van der Waals surface area contributed by atoms with Crippen LogP contribution in [0.4, 0.5) is 17.5 Å². The highest BCUT2D eigenvalue weighted by Gasteiger charge is 2.08. The van der Waals surface area contributed by atoms with Gasteiger partial charge in [-0.2, -0.15) is 4.98 Å². The molecule has 2 N–H and O–H groups in total. The van der Waals surface area contributed by atoms with Crippen molar-refractivity contribution >= 4 is 17.5 Å². The summed E-state index contributed by atoms with van der Waals surface area (Å²) in [4.78, 5) is 9.11. The van der Waals surface area contributed by atoms with Crippen LogP contribution in [0.25, 0.3) is 0 Å². The first-order valence-electron chi connectivity index (χ1n) is 9.33. The number of methoxy groups -OCH3 is 1. The van der Waals surface area contributed by atoms with Gasteiger partial charge in [-0.05, 0) is 63.6 Å². The molecule has 0 bridgehead atoms. The second-order valence-corrected chi connectivity index (χ2v) is 6.83. The van der Waals surface area contributed by atoms with Gasteiger partial charge in [-0.25, -0.2) is 4.98 Å². The van der Waals surface area contributed by atoms with Crippen LogP contribution >= 0.6 is 0 Å². The van der Waals surface area contributed by atoms with Gasteiger partial charge in [0.25, 0.3) is 0 Å². The summed E-state index contributed by atoms with van der Waals surface area (Å²) in [6, 6.07) is 7.99. The Bertz CT molecular complexity index is 786. The van der Waals surface area contributed by atoms with E-state index in [1.807, 2.05) is 25.1 Å². The molecular formula is C21H28N4O. The monoisotopic (exact) mass is 352 g/mol. The molecule has 0 amide bonds. The van der Waals surface area contributed by atoms with Crippen molar-refractivity contribution in [3.05, 3.63) is 47.2 Å². The Morgan fingerprint density at radius 2 is 2.00 bits per heavy atom. The SMILES string of the molecule is COc1ccc(C)cc1Nc1cc(C)nc(NCCC2=CCCCC2)n1. The number of rotatable bonds is 7. The van der Waals surface area contributed by atoms with Crippen LogP contribution in [0, 0.1) is 13.8 Å². The Hall–Kier alpha value is -2.56. The van der Waals surface area contributed by atoms with Crippen LogP contribution in [-0.2, 0) is 0 Å². The third-order valence-electron chi connectivity index (χ3n) is 4.59. The minimum atomic E-state index is 0.663. The third kappa shape index (κ3) is 4.97. The molecule has 0 fully saturated rings. The van der Waals surface area contributed by atoms with Gasteiger partial charge in [0.15, 0.2) is 0 Å². The molecule has 2 aromatic rings. The van der Waals surface area contributed by atoms with Gasteiger partial charge >= 0.3 is 0 Å². The normalized spacial score (nSPS) is 13.9. The lowest BCUT2D eigenvalue weighted by molar-refractivity contribution is 0.416. The molecule has 0 radical (unpaired) electrons. The van der Waals surface area contributed by atoms with Gasteiger partial charge in [-0.3, -0.25) is 0 Å². The van der Waals surface area contributed by atoms with E-state index in [9.17, 15) is 0 Å². The van der Waals surface area contributed by atoms with E-state index >= 15 is 0 Å². The molecular weight excluding hydrogens is 324 g/mol. The molecule has 0 spiro atoms. The van der Waals surface area contributed by atoms with E-state index < -0.39 is 0 Å². The van der Waals surface area contributed by atoms with Crippen molar-refractivity contribution in [1.29, 1.82) is 0 Å². The van der Waals surface area contributed by atoms with Gasteiger partial charge in [0.05, 0.1) is 12.8 Å². The van der Waals surface area contributed by atoms with Gasteiger partial charge in [0.2, 0.25) is 5.95 Å².